The zero-order valence-corrected chi connectivity index (χ0v) is 7.27. The fourth-order valence-electron chi connectivity index (χ4n) is 0.735. The van der Waals surface area contributed by atoms with E-state index in [1.165, 1.54) is 0 Å². The Morgan fingerprint density at radius 2 is 1.58 bits per heavy atom. The third-order valence-corrected chi connectivity index (χ3v) is 1.42. The predicted molar refractivity (Wildman–Crippen MR) is 48.1 cm³/mol. The summed E-state index contributed by atoms with van der Waals surface area (Å²) >= 11 is 0. The van der Waals surface area contributed by atoms with Crippen LogP contribution in [0.1, 0.15) is 0 Å². The van der Waals surface area contributed by atoms with Crippen LogP contribution < -0.4 is 0 Å². The zero-order chi connectivity index (χ0) is 8.65. The average molecular weight is 166 g/mol. The van der Waals surface area contributed by atoms with Crippen LogP contribution in [-0.2, 0) is 9.47 Å². The highest BCUT2D eigenvalue weighted by molar-refractivity contribution is 4.99. The molecule has 12 heavy (non-hydrogen) atoms. The highest BCUT2D eigenvalue weighted by Crippen LogP contribution is 2.06. The summed E-state index contributed by atoms with van der Waals surface area (Å²) in [5.41, 5.74) is 0. The third kappa shape index (κ3) is 4.88. The number of epoxide rings is 1. The highest BCUT2D eigenvalue weighted by atomic mass is 16.6. The molecule has 0 spiro atoms. The SMILES string of the molecule is COCC1CO1.c1ccccc1. The maximum Gasteiger partial charge on any atom is 0.104 e. The summed E-state index contributed by atoms with van der Waals surface area (Å²) < 4.78 is 9.56. The van der Waals surface area contributed by atoms with Crippen molar-refractivity contribution in [2.75, 3.05) is 20.3 Å². The van der Waals surface area contributed by atoms with Crippen LogP contribution in [0.3, 0.4) is 0 Å². The molecule has 66 valence electrons. The minimum atomic E-state index is 0.426. The molecular formula is C10H14O2. The van der Waals surface area contributed by atoms with Crippen LogP contribution in [0.5, 0.6) is 0 Å². The van der Waals surface area contributed by atoms with Crippen LogP contribution in [0.25, 0.3) is 0 Å². The van der Waals surface area contributed by atoms with Gasteiger partial charge in [-0.05, 0) is 0 Å². The van der Waals surface area contributed by atoms with Crippen molar-refractivity contribution in [2.24, 2.45) is 0 Å². The largest absolute Gasteiger partial charge is 0.382 e. The van der Waals surface area contributed by atoms with Crippen LogP contribution in [0.4, 0.5) is 0 Å². The van der Waals surface area contributed by atoms with Gasteiger partial charge in [0.25, 0.3) is 0 Å². The molecule has 0 aromatic heterocycles. The topological polar surface area (TPSA) is 21.8 Å². The van der Waals surface area contributed by atoms with Gasteiger partial charge in [0.2, 0.25) is 0 Å². The van der Waals surface area contributed by atoms with Gasteiger partial charge in [0.05, 0.1) is 13.2 Å². The van der Waals surface area contributed by atoms with E-state index in [0.717, 1.165) is 13.2 Å². The molecule has 1 unspecified atom stereocenters. The maximum absolute atomic E-state index is 4.82. The van der Waals surface area contributed by atoms with Gasteiger partial charge in [-0.2, -0.15) is 0 Å². The molecule has 1 aromatic carbocycles. The van der Waals surface area contributed by atoms with Crippen LogP contribution in [0.2, 0.25) is 0 Å². The molecule has 1 saturated heterocycles. The Balaban J connectivity index is 0.000000120. The van der Waals surface area contributed by atoms with Crippen molar-refractivity contribution in [1.29, 1.82) is 0 Å². The molecule has 1 atom stereocenters. The maximum atomic E-state index is 4.82. The summed E-state index contributed by atoms with van der Waals surface area (Å²) in [6, 6.07) is 12.0. The fraction of sp³-hybridized carbons (Fsp3) is 0.400. The molecule has 1 heterocycles. The number of benzene rings is 1. The second-order valence-electron chi connectivity index (χ2n) is 2.57. The van der Waals surface area contributed by atoms with E-state index in [1.807, 2.05) is 36.4 Å². The first kappa shape index (κ1) is 9.23. The lowest BCUT2D eigenvalue weighted by molar-refractivity contribution is 0.171. The molecule has 2 nitrogen and oxygen atoms in total. The van der Waals surface area contributed by atoms with E-state index in [1.54, 1.807) is 7.11 Å². The van der Waals surface area contributed by atoms with Gasteiger partial charge in [-0.3, -0.25) is 0 Å². The van der Waals surface area contributed by atoms with E-state index < -0.39 is 0 Å². The Hall–Kier alpha value is -0.860. The third-order valence-electron chi connectivity index (χ3n) is 1.42. The Bertz CT molecular complexity index is 156. The Labute approximate surface area is 73.1 Å². The van der Waals surface area contributed by atoms with Crippen molar-refractivity contribution in [2.45, 2.75) is 6.10 Å². The van der Waals surface area contributed by atoms with Gasteiger partial charge in [0.15, 0.2) is 0 Å². The van der Waals surface area contributed by atoms with Gasteiger partial charge in [-0.15, -0.1) is 0 Å². The quantitative estimate of drug-likeness (QED) is 0.624. The number of ether oxygens (including phenoxy) is 2. The summed E-state index contributed by atoms with van der Waals surface area (Å²) in [5.74, 6) is 0. The van der Waals surface area contributed by atoms with Gasteiger partial charge in [0, 0.05) is 7.11 Å². The Morgan fingerprint density at radius 3 is 1.75 bits per heavy atom. The van der Waals surface area contributed by atoms with Crippen LogP contribution in [-0.4, -0.2) is 26.4 Å². The number of hydrogen-bond donors (Lipinski definition) is 0. The molecule has 1 aliphatic rings. The van der Waals surface area contributed by atoms with E-state index in [2.05, 4.69) is 0 Å². The number of hydrogen-bond acceptors (Lipinski definition) is 2. The minimum absolute atomic E-state index is 0.426. The lowest BCUT2D eigenvalue weighted by atomic mass is 10.4. The van der Waals surface area contributed by atoms with Crippen molar-refractivity contribution in [1.82, 2.24) is 0 Å². The standard InChI is InChI=1S/C6H6.C4H8O2/c1-2-4-6-5-3-1;1-5-2-4-3-6-4/h1-6H;4H,2-3H2,1H3. The Kier molecular flexibility index (Phi) is 4.42. The summed E-state index contributed by atoms with van der Waals surface area (Å²) in [4.78, 5) is 0. The minimum Gasteiger partial charge on any atom is -0.382 e. The van der Waals surface area contributed by atoms with Crippen LogP contribution in [0, 0.1) is 0 Å². The summed E-state index contributed by atoms with van der Waals surface area (Å²) in [6.45, 7) is 1.66. The molecule has 2 rings (SSSR count). The molecule has 0 radical (unpaired) electrons. The van der Waals surface area contributed by atoms with E-state index in [-0.39, 0.29) is 0 Å². The van der Waals surface area contributed by atoms with E-state index >= 15 is 0 Å². The summed E-state index contributed by atoms with van der Waals surface area (Å²) in [7, 11) is 1.68. The first-order chi connectivity index (χ1) is 5.93. The van der Waals surface area contributed by atoms with Gasteiger partial charge in [-0.25, -0.2) is 0 Å². The summed E-state index contributed by atoms with van der Waals surface area (Å²) in [5, 5.41) is 0. The average Bonchev–Trinajstić information content (AvgIpc) is 2.93. The van der Waals surface area contributed by atoms with Crippen LogP contribution >= 0.6 is 0 Å². The first-order valence-electron chi connectivity index (χ1n) is 4.04. The normalized spacial score (nSPS) is 19.2. The van der Waals surface area contributed by atoms with Crippen LogP contribution in [0.15, 0.2) is 36.4 Å². The van der Waals surface area contributed by atoms with E-state index in [0.29, 0.717) is 6.10 Å². The lowest BCUT2D eigenvalue weighted by Gasteiger charge is -1.84. The monoisotopic (exact) mass is 166 g/mol. The molecule has 1 aliphatic heterocycles. The summed E-state index contributed by atoms with van der Waals surface area (Å²) in [6.07, 6.45) is 0.426. The molecule has 1 aromatic rings. The molecule has 0 aliphatic carbocycles. The van der Waals surface area contributed by atoms with Gasteiger partial charge in [-0.1, -0.05) is 36.4 Å². The number of rotatable bonds is 2. The molecule has 0 bridgehead atoms. The van der Waals surface area contributed by atoms with Crippen molar-refractivity contribution < 1.29 is 9.47 Å². The second kappa shape index (κ2) is 5.75. The van der Waals surface area contributed by atoms with Crippen molar-refractivity contribution in [3.8, 4) is 0 Å². The molecule has 0 saturated carbocycles. The van der Waals surface area contributed by atoms with Gasteiger partial charge < -0.3 is 9.47 Å². The predicted octanol–water partition coefficient (Wildman–Crippen LogP) is 1.72. The molecule has 0 amide bonds. The molecular weight excluding hydrogens is 152 g/mol. The first-order valence-corrected chi connectivity index (χ1v) is 4.04. The van der Waals surface area contributed by atoms with E-state index in [9.17, 15) is 0 Å². The van der Waals surface area contributed by atoms with Gasteiger partial charge >= 0.3 is 0 Å². The zero-order valence-electron chi connectivity index (χ0n) is 7.27. The lowest BCUT2D eigenvalue weighted by Crippen LogP contribution is -1.94. The molecule has 1 fully saturated rings. The van der Waals surface area contributed by atoms with Crippen molar-refractivity contribution in [3.05, 3.63) is 36.4 Å². The smallest absolute Gasteiger partial charge is 0.104 e. The second-order valence-corrected chi connectivity index (χ2v) is 2.57. The number of methoxy groups -OCH3 is 1. The molecule has 2 heteroatoms. The Morgan fingerprint density at radius 1 is 1.17 bits per heavy atom. The highest BCUT2D eigenvalue weighted by Gasteiger charge is 2.21. The van der Waals surface area contributed by atoms with Gasteiger partial charge in [0.1, 0.15) is 6.10 Å². The van der Waals surface area contributed by atoms with Crippen molar-refractivity contribution in [3.63, 3.8) is 0 Å². The van der Waals surface area contributed by atoms with E-state index in [4.69, 9.17) is 9.47 Å². The molecule has 0 N–H and O–H groups in total. The van der Waals surface area contributed by atoms with Crippen molar-refractivity contribution >= 4 is 0 Å². The fourth-order valence-corrected chi connectivity index (χ4v) is 0.735.